The second-order valence-corrected chi connectivity index (χ2v) is 4.11. The highest BCUT2D eigenvalue weighted by atomic mass is 35.5. The molecule has 1 N–H and O–H groups in total. The number of aliphatic hydroxyl groups is 1. The molecule has 2 atom stereocenters. The van der Waals surface area contributed by atoms with Gasteiger partial charge in [0.25, 0.3) is 0 Å². The smallest absolute Gasteiger partial charge is 0.183 e. The van der Waals surface area contributed by atoms with E-state index in [1.165, 1.54) is 12.1 Å². The molecule has 1 aromatic rings. The molecule has 0 aromatic heterocycles. The largest absolute Gasteiger partial charge is 0.485 e. The van der Waals surface area contributed by atoms with Crippen molar-refractivity contribution in [3.8, 4) is 5.75 Å². The van der Waals surface area contributed by atoms with Gasteiger partial charge in [0.2, 0.25) is 0 Å². The molecule has 0 amide bonds. The van der Waals surface area contributed by atoms with Crippen LogP contribution < -0.4 is 4.74 Å². The van der Waals surface area contributed by atoms with Crippen LogP contribution in [-0.2, 0) is 0 Å². The fourth-order valence-corrected chi connectivity index (χ4v) is 1.95. The highest BCUT2D eigenvalue weighted by Crippen LogP contribution is 2.29. The van der Waals surface area contributed by atoms with Crippen molar-refractivity contribution in [1.29, 1.82) is 0 Å². The van der Waals surface area contributed by atoms with Crippen molar-refractivity contribution in [3.05, 3.63) is 29.0 Å². The predicted octanol–water partition coefficient (Wildman–Crippen LogP) is 2.77. The van der Waals surface area contributed by atoms with E-state index in [1.807, 2.05) is 0 Å². The fourth-order valence-electron chi connectivity index (χ4n) is 1.78. The normalized spacial score (nSPS) is 25.5. The Hall–Kier alpha value is -0.800. The van der Waals surface area contributed by atoms with Gasteiger partial charge in [-0.25, -0.2) is 4.39 Å². The molecule has 1 fully saturated rings. The number of hydrogen-bond donors (Lipinski definition) is 1. The summed E-state index contributed by atoms with van der Waals surface area (Å²) in [6.45, 7) is 0. The summed E-state index contributed by atoms with van der Waals surface area (Å²) in [7, 11) is 0. The van der Waals surface area contributed by atoms with E-state index < -0.39 is 11.9 Å². The Morgan fingerprint density at radius 3 is 2.87 bits per heavy atom. The van der Waals surface area contributed by atoms with Crippen LogP contribution in [0, 0.1) is 5.82 Å². The molecule has 2 nitrogen and oxygen atoms in total. The summed E-state index contributed by atoms with van der Waals surface area (Å²) in [5.74, 6) is -0.438. The van der Waals surface area contributed by atoms with Gasteiger partial charge in [0.15, 0.2) is 11.6 Å². The van der Waals surface area contributed by atoms with Gasteiger partial charge in [0.1, 0.15) is 6.10 Å². The molecule has 0 saturated heterocycles. The van der Waals surface area contributed by atoms with E-state index in [-0.39, 0.29) is 16.9 Å². The van der Waals surface area contributed by atoms with E-state index in [0.717, 1.165) is 12.8 Å². The maximum atomic E-state index is 13.4. The molecule has 0 heterocycles. The Morgan fingerprint density at radius 2 is 2.20 bits per heavy atom. The van der Waals surface area contributed by atoms with Gasteiger partial charge in [0.05, 0.1) is 11.1 Å². The van der Waals surface area contributed by atoms with Crippen LogP contribution in [-0.4, -0.2) is 17.3 Å². The van der Waals surface area contributed by atoms with E-state index in [2.05, 4.69) is 0 Å². The highest BCUT2D eigenvalue weighted by molar-refractivity contribution is 6.30. The summed E-state index contributed by atoms with van der Waals surface area (Å²) in [5.41, 5.74) is 0. The lowest BCUT2D eigenvalue weighted by molar-refractivity contribution is 0.0579. The van der Waals surface area contributed by atoms with Gasteiger partial charge < -0.3 is 9.84 Å². The molecule has 4 heteroatoms. The van der Waals surface area contributed by atoms with E-state index in [1.54, 1.807) is 6.07 Å². The third-order valence-electron chi connectivity index (χ3n) is 2.61. The van der Waals surface area contributed by atoms with Crippen LogP contribution in [0.5, 0.6) is 5.75 Å². The number of aliphatic hydroxyl groups excluding tert-OH is 1. The quantitative estimate of drug-likeness (QED) is 0.847. The Morgan fingerprint density at radius 1 is 1.40 bits per heavy atom. The summed E-state index contributed by atoms with van der Waals surface area (Å²) in [4.78, 5) is 0. The van der Waals surface area contributed by atoms with Crippen molar-refractivity contribution in [2.75, 3.05) is 0 Å². The fraction of sp³-hybridized carbons (Fsp3) is 0.455. The minimum Gasteiger partial charge on any atom is -0.485 e. The summed E-state index contributed by atoms with van der Waals surface area (Å²) in [6, 6.07) is 4.61. The molecule has 1 aliphatic carbocycles. The summed E-state index contributed by atoms with van der Waals surface area (Å²) in [6.07, 6.45) is 1.58. The first kappa shape index (κ1) is 10.7. The Bertz CT molecular complexity index is 356. The maximum Gasteiger partial charge on any atom is 0.183 e. The highest BCUT2D eigenvalue weighted by Gasteiger charge is 2.27. The van der Waals surface area contributed by atoms with Crippen LogP contribution in [0.3, 0.4) is 0 Å². The zero-order chi connectivity index (χ0) is 10.8. The number of rotatable bonds is 2. The van der Waals surface area contributed by atoms with Crippen LogP contribution in [0.15, 0.2) is 18.2 Å². The average molecular weight is 231 g/mol. The van der Waals surface area contributed by atoms with Gasteiger partial charge in [-0.15, -0.1) is 0 Å². The van der Waals surface area contributed by atoms with Gasteiger partial charge in [0, 0.05) is 0 Å². The zero-order valence-corrected chi connectivity index (χ0v) is 8.88. The number of benzene rings is 1. The lowest BCUT2D eigenvalue weighted by Gasteiger charge is -2.17. The van der Waals surface area contributed by atoms with Gasteiger partial charge in [-0.3, -0.25) is 0 Å². The Kier molecular flexibility index (Phi) is 3.12. The lowest BCUT2D eigenvalue weighted by atomic mass is 10.2. The van der Waals surface area contributed by atoms with Crippen LogP contribution in [0.1, 0.15) is 19.3 Å². The third-order valence-corrected chi connectivity index (χ3v) is 2.90. The molecule has 0 unspecified atom stereocenters. The first-order valence-corrected chi connectivity index (χ1v) is 5.35. The molecule has 0 spiro atoms. The molecule has 2 rings (SSSR count). The van der Waals surface area contributed by atoms with Crippen molar-refractivity contribution in [3.63, 3.8) is 0 Å². The second-order valence-electron chi connectivity index (χ2n) is 3.71. The van der Waals surface area contributed by atoms with E-state index >= 15 is 0 Å². The van der Waals surface area contributed by atoms with Crippen LogP contribution in [0.25, 0.3) is 0 Å². The minimum absolute atomic E-state index is 0.0417. The topological polar surface area (TPSA) is 29.5 Å². The van der Waals surface area contributed by atoms with Crippen LogP contribution in [0.4, 0.5) is 4.39 Å². The SMILES string of the molecule is O[C@@H]1CCC[C@H]1Oc1cccc(Cl)c1F. The van der Waals surface area contributed by atoms with Crippen molar-refractivity contribution in [1.82, 2.24) is 0 Å². The van der Waals surface area contributed by atoms with Crippen molar-refractivity contribution < 1.29 is 14.2 Å². The third kappa shape index (κ3) is 2.24. The van der Waals surface area contributed by atoms with Gasteiger partial charge in [-0.2, -0.15) is 0 Å². The number of hydrogen-bond acceptors (Lipinski definition) is 2. The Labute approximate surface area is 92.6 Å². The van der Waals surface area contributed by atoms with Crippen molar-refractivity contribution in [2.45, 2.75) is 31.5 Å². The average Bonchev–Trinajstić information content (AvgIpc) is 2.60. The number of ether oxygens (including phenoxy) is 1. The first-order chi connectivity index (χ1) is 7.18. The summed E-state index contributed by atoms with van der Waals surface area (Å²) >= 11 is 5.62. The van der Waals surface area contributed by atoms with Crippen LogP contribution >= 0.6 is 11.6 Å². The van der Waals surface area contributed by atoms with Gasteiger partial charge in [-0.1, -0.05) is 17.7 Å². The molecule has 1 saturated carbocycles. The van der Waals surface area contributed by atoms with E-state index in [0.29, 0.717) is 6.42 Å². The molecule has 1 aromatic carbocycles. The molecule has 1 aliphatic rings. The first-order valence-electron chi connectivity index (χ1n) is 4.97. The molecule has 0 radical (unpaired) electrons. The monoisotopic (exact) mass is 230 g/mol. The lowest BCUT2D eigenvalue weighted by Crippen LogP contribution is -2.26. The van der Waals surface area contributed by atoms with Gasteiger partial charge in [-0.05, 0) is 31.4 Å². The van der Waals surface area contributed by atoms with E-state index in [4.69, 9.17) is 16.3 Å². The predicted molar refractivity (Wildman–Crippen MR) is 55.7 cm³/mol. The molecule has 0 aliphatic heterocycles. The molecule has 82 valence electrons. The van der Waals surface area contributed by atoms with Crippen molar-refractivity contribution >= 4 is 11.6 Å². The van der Waals surface area contributed by atoms with Crippen molar-refractivity contribution in [2.24, 2.45) is 0 Å². The second kappa shape index (κ2) is 4.37. The molecule has 15 heavy (non-hydrogen) atoms. The number of halogens is 2. The molecule has 0 bridgehead atoms. The minimum atomic E-state index is -0.557. The standard InChI is InChI=1S/C11H12ClFO2/c12-7-3-1-6-10(11(7)13)15-9-5-2-4-8(9)14/h1,3,6,8-9,14H,2,4-5H2/t8-,9-/m1/s1. The zero-order valence-electron chi connectivity index (χ0n) is 8.12. The van der Waals surface area contributed by atoms with Gasteiger partial charge >= 0.3 is 0 Å². The van der Waals surface area contributed by atoms with E-state index in [9.17, 15) is 9.50 Å². The summed E-state index contributed by atoms with van der Waals surface area (Å²) in [5, 5.41) is 9.57. The summed E-state index contributed by atoms with van der Waals surface area (Å²) < 4.78 is 18.8. The Balaban J connectivity index is 2.13. The maximum absolute atomic E-state index is 13.4. The van der Waals surface area contributed by atoms with Crippen LogP contribution in [0.2, 0.25) is 5.02 Å². The molecular formula is C11H12ClFO2. The molecular weight excluding hydrogens is 219 g/mol.